The lowest BCUT2D eigenvalue weighted by Gasteiger charge is -2.18. The highest BCUT2D eigenvalue weighted by atomic mass is 16.2. The molecule has 1 aliphatic heterocycles. The Kier molecular flexibility index (Phi) is 4.35. The predicted octanol–water partition coefficient (Wildman–Crippen LogP) is 4.21. The van der Waals surface area contributed by atoms with E-state index in [-0.39, 0.29) is 5.91 Å². The minimum absolute atomic E-state index is 0.119. The summed E-state index contributed by atoms with van der Waals surface area (Å²) in [5.41, 5.74) is 5.84. The molecule has 1 fully saturated rings. The smallest absolute Gasteiger partial charge is 0.276 e. The van der Waals surface area contributed by atoms with Crippen molar-refractivity contribution in [1.82, 2.24) is 9.78 Å². The standard InChI is InChI=1S/C23H24N4O/c28-23(24-17-8-6-11-19(16-17)26-14-4-5-15-26)22-20-12-7-13-21(20)27(25-22)18-9-2-1-3-10-18/h1-3,6,8-11,16H,4-5,7,12-15H2,(H,24,28). The molecule has 2 aliphatic rings. The number of carbonyl (C=O) groups excluding carboxylic acids is 1. The number of rotatable bonds is 4. The van der Waals surface area contributed by atoms with E-state index in [4.69, 9.17) is 5.10 Å². The van der Waals surface area contributed by atoms with Crippen LogP contribution >= 0.6 is 0 Å². The van der Waals surface area contributed by atoms with Gasteiger partial charge in [-0.15, -0.1) is 0 Å². The molecule has 28 heavy (non-hydrogen) atoms. The van der Waals surface area contributed by atoms with Crippen LogP contribution in [0.3, 0.4) is 0 Å². The van der Waals surface area contributed by atoms with Crippen LogP contribution in [0.25, 0.3) is 5.69 Å². The Bertz CT molecular complexity index is 1000. The number of carbonyl (C=O) groups is 1. The number of fused-ring (bicyclic) bond motifs is 1. The highest BCUT2D eigenvalue weighted by Gasteiger charge is 2.27. The fourth-order valence-electron chi connectivity index (χ4n) is 4.35. The Balaban J connectivity index is 1.43. The second-order valence-corrected chi connectivity index (χ2v) is 7.57. The molecule has 5 heteroatoms. The summed E-state index contributed by atoms with van der Waals surface area (Å²) in [4.78, 5) is 15.4. The number of anilines is 2. The fourth-order valence-corrected chi connectivity index (χ4v) is 4.35. The molecule has 1 amide bonds. The van der Waals surface area contributed by atoms with E-state index < -0.39 is 0 Å². The third kappa shape index (κ3) is 3.07. The van der Waals surface area contributed by atoms with Gasteiger partial charge in [-0.05, 0) is 62.4 Å². The molecule has 3 aromatic rings. The molecule has 2 heterocycles. The fraction of sp³-hybridized carbons (Fsp3) is 0.304. The Morgan fingerprint density at radius 1 is 0.893 bits per heavy atom. The maximum absolute atomic E-state index is 13.1. The van der Waals surface area contributed by atoms with E-state index in [0.717, 1.165) is 49.3 Å². The topological polar surface area (TPSA) is 50.2 Å². The molecule has 0 spiro atoms. The number of aromatic nitrogens is 2. The van der Waals surface area contributed by atoms with E-state index in [2.05, 4.69) is 22.3 Å². The van der Waals surface area contributed by atoms with Crippen LogP contribution in [0, 0.1) is 0 Å². The number of nitrogens with zero attached hydrogens (tertiary/aromatic N) is 3. The summed E-state index contributed by atoms with van der Waals surface area (Å²) in [6, 6.07) is 18.2. The lowest BCUT2D eigenvalue weighted by atomic mass is 10.2. The summed E-state index contributed by atoms with van der Waals surface area (Å²) in [5, 5.41) is 7.77. The maximum Gasteiger partial charge on any atom is 0.276 e. The van der Waals surface area contributed by atoms with E-state index in [1.165, 1.54) is 24.2 Å². The van der Waals surface area contributed by atoms with Crippen LogP contribution in [0.4, 0.5) is 11.4 Å². The Hall–Kier alpha value is -3.08. The zero-order valence-corrected chi connectivity index (χ0v) is 15.9. The number of benzene rings is 2. The largest absolute Gasteiger partial charge is 0.371 e. The zero-order valence-electron chi connectivity index (χ0n) is 15.9. The molecule has 0 bridgehead atoms. The van der Waals surface area contributed by atoms with Gasteiger partial charge in [0.25, 0.3) is 5.91 Å². The number of hydrogen-bond donors (Lipinski definition) is 1. The maximum atomic E-state index is 13.1. The van der Waals surface area contributed by atoms with Gasteiger partial charge < -0.3 is 10.2 Å². The summed E-state index contributed by atoms with van der Waals surface area (Å²) < 4.78 is 1.94. The van der Waals surface area contributed by atoms with Gasteiger partial charge in [0.15, 0.2) is 5.69 Å². The summed E-state index contributed by atoms with van der Waals surface area (Å²) in [6.07, 6.45) is 5.43. The normalized spacial score (nSPS) is 15.6. The summed E-state index contributed by atoms with van der Waals surface area (Å²) in [5.74, 6) is -0.119. The third-order valence-corrected chi connectivity index (χ3v) is 5.72. The highest BCUT2D eigenvalue weighted by molar-refractivity contribution is 6.04. The van der Waals surface area contributed by atoms with E-state index in [1.807, 2.05) is 47.1 Å². The van der Waals surface area contributed by atoms with Gasteiger partial charge in [0.2, 0.25) is 0 Å². The molecule has 0 atom stereocenters. The van der Waals surface area contributed by atoms with Gasteiger partial charge in [-0.2, -0.15) is 5.10 Å². The van der Waals surface area contributed by atoms with Crippen LogP contribution in [0.1, 0.15) is 41.0 Å². The van der Waals surface area contributed by atoms with Gasteiger partial charge >= 0.3 is 0 Å². The summed E-state index contributed by atoms with van der Waals surface area (Å²) in [6.45, 7) is 2.18. The Morgan fingerprint density at radius 2 is 1.68 bits per heavy atom. The molecule has 1 N–H and O–H groups in total. The average Bonchev–Trinajstić information content (AvgIpc) is 3.46. The summed E-state index contributed by atoms with van der Waals surface area (Å²) >= 11 is 0. The van der Waals surface area contributed by atoms with Crippen LogP contribution < -0.4 is 10.2 Å². The van der Waals surface area contributed by atoms with Gasteiger partial charge in [-0.3, -0.25) is 4.79 Å². The van der Waals surface area contributed by atoms with Gasteiger partial charge in [-0.25, -0.2) is 4.68 Å². The molecule has 1 aromatic heterocycles. The SMILES string of the molecule is O=C(Nc1cccc(N2CCCC2)c1)c1nn(-c2ccccc2)c2c1CCC2. The van der Waals surface area contributed by atoms with Crippen molar-refractivity contribution in [2.75, 3.05) is 23.3 Å². The van der Waals surface area contributed by atoms with Crippen LogP contribution in [0.5, 0.6) is 0 Å². The number of nitrogens with one attached hydrogen (secondary N) is 1. The molecule has 0 radical (unpaired) electrons. The molecule has 0 saturated carbocycles. The predicted molar refractivity (Wildman–Crippen MR) is 111 cm³/mol. The van der Waals surface area contributed by atoms with Crippen LogP contribution in [0.2, 0.25) is 0 Å². The third-order valence-electron chi connectivity index (χ3n) is 5.72. The van der Waals surface area contributed by atoms with E-state index in [1.54, 1.807) is 0 Å². The lowest BCUT2D eigenvalue weighted by Crippen LogP contribution is -2.18. The van der Waals surface area contributed by atoms with Crippen molar-refractivity contribution >= 4 is 17.3 Å². The molecule has 142 valence electrons. The minimum atomic E-state index is -0.119. The molecule has 5 nitrogen and oxygen atoms in total. The van der Waals surface area contributed by atoms with E-state index >= 15 is 0 Å². The van der Waals surface area contributed by atoms with Crippen molar-refractivity contribution in [3.05, 3.63) is 71.5 Å². The monoisotopic (exact) mass is 372 g/mol. The number of hydrogen-bond acceptors (Lipinski definition) is 3. The van der Waals surface area contributed by atoms with Crippen LogP contribution in [0.15, 0.2) is 54.6 Å². The minimum Gasteiger partial charge on any atom is -0.371 e. The molecular weight excluding hydrogens is 348 g/mol. The molecule has 2 aromatic carbocycles. The van der Waals surface area contributed by atoms with Crippen molar-refractivity contribution in [3.63, 3.8) is 0 Å². The van der Waals surface area contributed by atoms with Crippen molar-refractivity contribution in [2.45, 2.75) is 32.1 Å². The second-order valence-electron chi connectivity index (χ2n) is 7.57. The lowest BCUT2D eigenvalue weighted by molar-refractivity contribution is 0.102. The average molecular weight is 372 g/mol. The molecule has 1 aliphatic carbocycles. The second kappa shape index (κ2) is 7.15. The van der Waals surface area contributed by atoms with Crippen molar-refractivity contribution < 1.29 is 4.79 Å². The molecule has 0 unspecified atom stereocenters. The van der Waals surface area contributed by atoms with Gasteiger partial charge in [0.1, 0.15) is 0 Å². The zero-order chi connectivity index (χ0) is 18.9. The van der Waals surface area contributed by atoms with Gasteiger partial charge in [0.05, 0.1) is 5.69 Å². The summed E-state index contributed by atoms with van der Waals surface area (Å²) in [7, 11) is 0. The number of amides is 1. The van der Waals surface area contributed by atoms with Crippen molar-refractivity contribution in [3.8, 4) is 5.69 Å². The van der Waals surface area contributed by atoms with Crippen molar-refractivity contribution in [1.29, 1.82) is 0 Å². The first-order chi connectivity index (χ1) is 13.8. The first-order valence-electron chi connectivity index (χ1n) is 10.1. The van der Waals surface area contributed by atoms with Gasteiger partial charge in [0, 0.05) is 35.7 Å². The Morgan fingerprint density at radius 3 is 2.50 bits per heavy atom. The van der Waals surface area contributed by atoms with E-state index in [0.29, 0.717) is 5.69 Å². The van der Waals surface area contributed by atoms with Crippen LogP contribution in [-0.4, -0.2) is 28.8 Å². The van der Waals surface area contributed by atoms with E-state index in [9.17, 15) is 4.79 Å². The van der Waals surface area contributed by atoms with Crippen LogP contribution in [-0.2, 0) is 12.8 Å². The first kappa shape index (κ1) is 17.0. The Labute approximate surface area is 165 Å². The molecular formula is C23H24N4O. The highest BCUT2D eigenvalue weighted by Crippen LogP contribution is 2.29. The molecule has 1 saturated heterocycles. The van der Waals surface area contributed by atoms with Gasteiger partial charge in [-0.1, -0.05) is 24.3 Å². The number of para-hydroxylation sites is 1. The quantitative estimate of drug-likeness (QED) is 0.746. The first-order valence-corrected chi connectivity index (χ1v) is 10.1. The molecule has 5 rings (SSSR count). The van der Waals surface area contributed by atoms with Crippen molar-refractivity contribution in [2.24, 2.45) is 0 Å².